The standard InChI is InChI=1S/C33H36Cl2N6O5S/c1-39(33(42)45-23-24-7-4-3-5-8-24)22-25-15-30(26-17-27(34)19-28(35)18-26)38-31(16-25)46-29-20-36-32(37-21-29)41-12-10-40(11-13-41)9-6-14-47(2,43)44/h3-5,7-8,15-21H,6,9-14,22-23H2,1-2H3. The molecule has 248 valence electrons. The van der Waals surface area contributed by atoms with E-state index in [1.807, 2.05) is 36.4 Å². The lowest BCUT2D eigenvalue weighted by molar-refractivity contribution is 0.103. The predicted molar refractivity (Wildman–Crippen MR) is 183 cm³/mol. The molecule has 14 heteroatoms. The molecule has 1 amide bonds. The zero-order valence-electron chi connectivity index (χ0n) is 26.2. The van der Waals surface area contributed by atoms with Crippen molar-refractivity contribution in [2.24, 2.45) is 0 Å². The summed E-state index contributed by atoms with van der Waals surface area (Å²) in [6.45, 7) is 4.19. The fraction of sp³-hybridized carbons (Fsp3) is 0.333. The number of amides is 1. The van der Waals surface area contributed by atoms with Crippen LogP contribution in [0.4, 0.5) is 10.7 Å². The van der Waals surface area contributed by atoms with Crippen LogP contribution in [0.25, 0.3) is 11.3 Å². The molecular weight excluding hydrogens is 663 g/mol. The van der Waals surface area contributed by atoms with E-state index in [1.165, 1.54) is 11.2 Å². The van der Waals surface area contributed by atoms with Crippen LogP contribution in [0.5, 0.6) is 11.6 Å². The summed E-state index contributed by atoms with van der Waals surface area (Å²) >= 11 is 12.6. The van der Waals surface area contributed by atoms with Gasteiger partial charge < -0.3 is 19.3 Å². The van der Waals surface area contributed by atoms with Gasteiger partial charge in [-0.15, -0.1) is 0 Å². The first-order valence-corrected chi connectivity index (χ1v) is 17.9. The minimum atomic E-state index is -2.95. The molecule has 0 N–H and O–H groups in total. The van der Waals surface area contributed by atoms with E-state index in [9.17, 15) is 13.2 Å². The number of carbonyl (C=O) groups is 1. The Bertz CT molecular complexity index is 1750. The first kappa shape index (κ1) is 34.4. The predicted octanol–water partition coefficient (Wildman–Crippen LogP) is 5.96. The van der Waals surface area contributed by atoms with Crippen molar-refractivity contribution >= 4 is 45.1 Å². The first-order valence-electron chi connectivity index (χ1n) is 15.0. The fourth-order valence-electron chi connectivity index (χ4n) is 5.09. The monoisotopic (exact) mass is 698 g/mol. The van der Waals surface area contributed by atoms with Gasteiger partial charge in [0.05, 0.1) is 23.8 Å². The number of ether oxygens (including phenoxy) is 2. The van der Waals surface area contributed by atoms with E-state index >= 15 is 0 Å². The molecule has 1 aliphatic rings. The number of sulfone groups is 1. The Morgan fingerprint density at radius 1 is 0.936 bits per heavy atom. The molecule has 11 nitrogen and oxygen atoms in total. The maximum atomic E-state index is 12.8. The quantitative estimate of drug-likeness (QED) is 0.175. The number of hydrogen-bond acceptors (Lipinski definition) is 10. The summed E-state index contributed by atoms with van der Waals surface area (Å²) in [5.41, 5.74) is 2.88. The third kappa shape index (κ3) is 10.5. The van der Waals surface area contributed by atoms with Gasteiger partial charge in [-0.2, -0.15) is 0 Å². The summed E-state index contributed by atoms with van der Waals surface area (Å²) < 4.78 is 34.4. The summed E-state index contributed by atoms with van der Waals surface area (Å²) in [7, 11) is -1.29. The number of pyridine rings is 1. The van der Waals surface area contributed by atoms with Crippen LogP contribution >= 0.6 is 23.2 Å². The number of halogens is 2. The van der Waals surface area contributed by atoms with E-state index in [4.69, 9.17) is 32.7 Å². The Kier molecular flexibility index (Phi) is 11.5. The molecule has 3 heterocycles. The smallest absolute Gasteiger partial charge is 0.410 e. The molecule has 0 saturated carbocycles. The molecule has 1 saturated heterocycles. The Labute approximate surface area is 285 Å². The van der Waals surface area contributed by atoms with Crippen LogP contribution in [0.2, 0.25) is 10.0 Å². The number of carbonyl (C=O) groups excluding carboxylic acids is 1. The molecular formula is C33H36Cl2N6O5S. The van der Waals surface area contributed by atoms with Gasteiger partial charge in [-0.05, 0) is 48.4 Å². The lowest BCUT2D eigenvalue weighted by atomic mass is 10.1. The summed E-state index contributed by atoms with van der Waals surface area (Å²) in [5.74, 6) is 1.45. The lowest BCUT2D eigenvalue weighted by Crippen LogP contribution is -2.47. The van der Waals surface area contributed by atoms with E-state index in [1.54, 1.807) is 43.7 Å². The normalized spacial score (nSPS) is 13.7. The van der Waals surface area contributed by atoms with Gasteiger partial charge in [0, 0.05) is 67.7 Å². The average molecular weight is 700 g/mol. The molecule has 0 bridgehead atoms. The SMILES string of the molecule is CN(Cc1cc(Oc2cnc(N3CCN(CCCS(C)(=O)=O)CC3)nc2)nc(-c2cc(Cl)cc(Cl)c2)c1)C(=O)OCc1ccccc1. The van der Waals surface area contributed by atoms with Crippen LogP contribution in [0.15, 0.2) is 73.1 Å². The van der Waals surface area contributed by atoms with Gasteiger partial charge in [0.25, 0.3) is 0 Å². The van der Waals surface area contributed by atoms with Gasteiger partial charge >= 0.3 is 6.09 Å². The Balaban J connectivity index is 1.26. The van der Waals surface area contributed by atoms with E-state index in [0.717, 1.165) is 43.9 Å². The van der Waals surface area contributed by atoms with Gasteiger partial charge in [-0.3, -0.25) is 4.90 Å². The number of piperazine rings is 1. The fourth-order valence-corrected chi connectivity index (χ4v) is 6.27. The second-order valence-corrected chi connectivity index (χ2v) is 14.5. The lowest BCUT2D eigenvalue weighted by Gasteiger charge is -2.34. The van der Waals surface area contributed by atoms with Crippen LogP contribution in [0.1, 0.15) is 17.5 Å². The van der Waals surface area contributed by atoms with Crippen LogP contribution in [-0.2, 0) is 27.7 Å². The van der Waals surface area contributed by atoms with Gasteiger partial charge in [0.15, 0.2) is 5.75 Å². The highest BCUT2D eigenvalue weighted by Crippen LogP contribution is 2.30. The summed E-state index contributed by atoms with van der Waals surface area (Å²) in [6, 6.07) is 18.2. The summed E-state index contributed by atoms with van der Waals surface area (Å²) in [4.78, 5) is 32.3. The van der Waals surface area contributed by atoms with E-state index in [-0.39, 0.29) is 24.8 Å². The second kappa shape index (κ2) is 15.7. The maximum Gasteiger partial charge on any atom is 0.410 e. The Morgan fingerprint density at radius 2 is 1.62 bits per heavy atom. The van der Waals surface area contributed by atoms with Gasteiger partial charge in [-0.1, -0.05) is 53.5 Å². The van der Waals surface area contributed by atoms with Crippen molar-refractivity contribution in [1.29, 1.82) is 0 Å². The molecule has 0 radical (unpaired) electrons. The van der Waals surface area contributed by atoms with E-state index in [2.05, 4.69) is 24.8 Å². The highest BCUT2D eigenvalue weighted by atomic mass is 35.5. The highest BCUT2D eigenvalue weighted by molar-refractivity contribution is 7.90. The van der Waals surface area contributed by atoms with Crippen LogP contribution in [-0.4, -0.2) is 91.0 Å². The van der Waals surface area contributed by atoms with Gasteiger partial charge in [0.2, 0.25) is 11.8 Å². The van der Waals surface area contributed by atoms with E-state index < -0.39 is 15.9 Å². The van der Waals surface area contributed by atoms with Crippen LogP contribution < -0.4 is 9.64 Å². The van der Waals surface area contributed by atoms with Crippen molar-refractivity contribution in [3.63, 3.8) is 0 Å². The first-order chi connectivity index (χ1) is 22.5. The topological polar surface area (TPSA) is 118 Å². The number of aromatic nitrogens is 3. The number of benzene rings is 2. The zero-order chi connectivity index (χ0) is 33.4. The van der Waals surface area contributed by atoms with Crippen molar-refractivity contribution in [2.75, 3.05) is 56.7 Å². The maximum absolute atomic E-state index is 12.8. The molecule has 4 aromatic rings. The largest absolute Gasteiger partial charge is 0.445 e. The number of anilines is 1. The Morgan fingerprint density at radius 3 is 2.28 bits per heavy atom. The van der Waals surface area contributed by atoms with Gasteiger partial charge in [0.1, 0.15) is 16.4 Å². The number of hydrogen-bond donors (Lipinski definition) is 0. The Hall–Kier alpha value is -3.97. The third-order valence-corrected chi connectivity index (χ3v) is 8.90. The summed E-state index contributed by atoms with van der Waals surface area (Å²) in [5, 5.41) is 0.921. The molecule has 2 aromatic heterocycles. The molecule has 1 fully saturated rings. The number of nitrogens with zero attached hydrogens (tertiary/aromatic N) is 6. The zero-order valence-corrected chi connectivity index (χ0v) is 28.5. The molecule has 0 aliphatic carbocycles. The minimum Gasteiger partial charge on any atom is -0.445 e. The van der Waals surface area contributed by atoms with Crippen molar-refractivity contribution < 1.29 is 22.7 Å². The molecule has 47 heavy (non-hydrogen) atoms. The highest BCUT2D eigenvalue weighted by Gasteiger charge is 2.20. The van der Waals surface area contributed by atoms with E-state index in [0.29, 0.717) is 39.4 Å². The second-order valence-electron chi connectivity index (χ2n) is 11.4. The minimum absolute atomic E-state index is 0.165. The van der Waals surface area contributed by atoms with Crippen molar-refractivity contribution in [3.05, 3.63) is 94.2 Å². The molecule has 0 unspecified atom stereocenters. The van der Waals surface area contributed by atoms with Crippen molar-refractivity contribution in [2.45, 2.75) is 19.6 Å². The molecule has 1 aliphatic heterocycles. The summed E-state index contributed by atoms with van der Waals surface area (Å²) in [6.07, 6.45) is 4.61. The molecule has 0 atom stereocenters. The van der Waals surface area contributed by atoms with Gasteiger partial charge in [-0.25, -0.2) is 28.2 Å². The molecule has 0 spiro atoms. The van der Waals surface area contributed by atoms with Crippen LogP contribution in [0.3, 0.4) is 0 Å². The number of rotatable bonds is 12. The third-order valence-electron chi connectivity index (χ3n) is 7.44. The van der Waals surface area contributed by atoms with Crippen molar-refractivity contribution in [1.82, 2.24) is 24.8 Å². The van der Waals surface area contributed by atoms with Crippen molar-refractivity contribution in [3.8, 4) is 22.9 Å². The average Bonchev–Trinajstić information content (AvgIpc) is 3.04. The molecule has 2 aromatic carbocycles. The molecule has 5 rings (SSSR count). The van der Waals surface area contributed by atoms with Crippen LogP contribution in [0, 0.1) is 0 Å².